The summed E-state index contributed by atoms with van der Waals surface area (Å²) in [7, 11) is 0. The first kappa shape index (κ1) is 17.7. The number of aryl methyl sites for hydroxylation is 1. The first-order valence-corrected chi connectivity index (χ1v) is 8.29. The summed E-state index contributed by atoms with van der Waals surface area (Å²) in [5.41, 5.74) is 1.48. The number of ether oxygens (including phenoxy) is 1. The molecule has 0 fully saturated rings. The summed E-state index contributed by atoms with van der Waals surface area (Å²) < 4.78 is 7.43. The van der Waals surface area contributed by atoms with E-state index in [0.717, 1.165) is 17.8 Å². The predicted molar refractivity (Wildman–Crippen MR) is 93.4 cm³/mol. The first-order valence-electron chi connectivity index (χ1n) is 7.11. The maximum atomic E-state index is 11.9. The molecule has 23 heavy (non-hydrogen) atoms. The summed E-state index contributed by atoms with van der Waals surface area (Å²) >= 11 is 9.55. The van der Waals surface area contributed by atoms with Gasteiger partial charge in [0.05, 0.1) is 5.69 Å². The molecule has 2 heterocycles. The van der Waals surface area contributed by atoms with Crippen LogP contribution in [0, 0.1) is 12.8 Å². The van der Waals surface area contributed by atoms with Gasteiger partial charge >= 0.3 is 5.97 Å². The van der Waals surface area contributed by atoms with E-state index in [0.29, 0.717) is 21.4 Å². The van der Waals surface area contributed by atoms with Crippen molar-refractivity contribution < 1.29 is 9.53 Å². The number of aromatic nitrogens is 3. The largest absolute Gasteiger partial charge is 0.420 e. The molecule has 7 heteroatoms. The Morgan fingerprint density at radius 1 is 1.52 bits per heavy atom. The molecular weight excluding hydrogens is 382 g/mol. The number of hydrogen-bond acceptors (Lipinski definition) is 4. The molecule has 0 atom stereocenters. The molecule has 0 amide bonds. The van der Waals surface area contributed by atoms with Crippen molar-refractivity contribution in [3.8, 4) is 5.75 Å². The van der Waals surface area contributed by atoms with Crippen LogP contribution in [0.1, 0.15) is 25.1 Å². The highest BCUT2D eigenvalue weighted by Gasteiger charge is 2.13. The van der Waals surface area contributed by atoms with E-state index in [4.69, 9.17) is 16.3 Å². The zero-order valence-electron chi connectivity index (χ0n) is 13.1. The summed E-state index contributed by atoms with van der Waals surface area (Å²) in [6.07, 6.45) is 4.55. The Labute approximate surface area is 148 Å². The molecule has 0 unspecified atom stereocenters. The van der Waals surface area contributed by atoms with Gasteiger partial charge in [-0.05, 0) is 47.0 Å². The second-order valence-corrected chi connectivity index (χ2v) is 6.52. The quantitative estimate of drug-likeness (QED) is 0.428. The minimum atomic E-state index is -0.509. The van der Waals surface area contributed by atoms with Gasteiger partial charge in [-0.1, -0.05) is 25.4 Å². The van der Waals surface area contributed by atoms with E-state index in [9.17, 15) is 4.79 Å². The number of hydrogen-bond donors (Lipinski definition) is 0. The summed E-state index contributed by atoms with van der Waals surface area (Å²) in [5.74, 6) is 0.280. The van der Waals surface area contributed by atoms with Gasteiger partial charge in [-0.3, -0.25) is 4.68 Å². The lowest BCUT2D eigenvalue weighted by atomic mass is 10.2. The van der Waals surface area contributed by atoms with Crippen LogP contribution >= 0.6 is 27.5 Å². The van der Waals surface area contributed by atoms with E-state index in [1.165, 1.54) is 6.08 Å². The molecule has 122 valence electrons. The topological polar surface area (TPSA) is 57.0 Å². The van der Waals surface area contributed by atoms with Gasteiger partial charge in [0.1, 0.15) is 9.76 Å². The SMILES string of the molecule is Cc1nn(CC(C)C)c(Cl)c1/C=C/C(=O)Oc1cccnc1Br. The van der Waals surface area contributed by atoms with Crippen LogP contribution in [0.2, 0.25) is 5.15 Å². The molecule has 2 aromatic heterocycles. The number of rotatable bonds is 5. The maximum absolute atomic E-state index is 11.9. The summed E-state index contributed by atoms with van der Waals surface area (Å²) in [6, 6.07) is 3.34. The second kappa shape index (κ2) is 7.75. The van der Waals surface area contributed by atoms with E-state index in [1.807, 2.05) is 6.92 Å². The van der Waals surface area contributed by atoms with Crippen LogP contribution in [-0.4, -0.2) is 20.7 Å². The lowest BCUT2D eigenvalue weighted by Crippen LogP contribution is -2.06. The molecule has 0 N–H and O–H groups in total. The fraction of sp³-hybridized carbons (Fsp3) is 0.312. The van der Waals surface area contributed by atoms with E-state index < -0.39 is 5.97 Å². The molecule has 2 rings (SSSR count). The number of carbonyl (C=O) groups excluding carboxylic acids is 1. The van der Waals surface area contributed by atoms with Crippen molar-refractivity contribution in [2.45, 2.75) is 27.3 Å². The lowest BCUT2D eigenvalue weighted by Gasteiger charge is -2.05. The molecule has 0 spiro atoms. The number of pyridine rings is 1. The zero-order chi connectivity index (χ0) is 17.0. The van der Waals surface area contributed by atoms with Crippen LogP contribution in [0.25, 0.3) is 6.08 Å². The van der Waals surface area contributed by atoms with Gasteiger partial charge in [-0.25, -0.2) is 9.78 Å². The highest BCUT2D eigenvalue weighted by molar-refractivity contribution is 9.10. The Balaban J connectivity index is 2.12. The fourth-order valence-electron chi connectivity index (χ4n) is 1.96. The van der Waals surface area contributed by atoms with Gasteiger partial charge in [-0.2, -0.15) is 5.10 Å². The average Bonchev–Trinajstić information content (AvgIpc) is 2.73. The van der Waals surface area contributed by atoms with Crippen molar-refractivity contribution in [3.05, 3.63) is 45.4 Å². The molecule has 5 nitrogen and oxygen atoms in total. The molecule has 0 aliphatic rings. The molecule has 0 aliphatic carbocycles. The van der Waals surface area contributed by atoms with Gasteiger partial charge in [-0.15, -0.1) is 0 Å². The number of halogens is 2. The fourth-order valence-corrected chi connectivity index (χ4v) is 2.60. The first-order chi connectivity index (χ1) is 10.9. The van der Waals surface area contributed by atoms with Crippen LogP contribution in [0.15, 0.2) is 29.0 Å². The monoisotopic (exact) mass is 397 g/mol. The molecular formula is C16H17BrClN3O2. The minimum Gasteiger partial charge on any atom is -0.420 e. The Bertz CT molecular complexity index is 741. The summed E-state index contributed by atoms with van der Waals surface area (Å²) in [6.45, 7) is 6.75. The van der Waals surface area contributed by atoms with Crippen LogP contribution in [0.3, 0.4) is 0 Å². The Morgan fingerprint density at radius 3 is 2.91 bits per heavy atom. The number of nitrogens with zero attached hydrogens (tertiary/aromatic N) is 3. The van der Waals surface area contributed by atoms with Crippen LogP contribution in [0.5, 0.6) is 5.75 Å². The molecule has 0 aromatic carbocycles. The van der Waals surface area contributed by atoms with Gasteiger partial charge in [0.2, 0.25) is 0 Å². The predicted octanol–water partition coefficient (Wildman–Crippen LogP) is 4.28. The van der Waals surface area contributed by atoms with E-state index in [1.54, 1.807) is 29.1 Å². The highest BCUT2D eigenvalue weighted by atomic mass is 79.9. The highest BCUT2D eigenvalue weighted by Crippen LogP contribution is 2.23. The molecule has 0 aliphatic heterocycles. The molecule has 0 bridgehead atoms. The van der Waals surface area contributed by atoms with Crippen LogP contribution in [-0.2, 0) is 11.3 Å². The van der Waals surface area contributed by atoms with Crippen molar-refractivity contribution in [2.75, 3.05) is 0 Å². The van der Waals surface area contributed by atoms with E-state index in [2.05, 4.69) is 39.9 Å². The smallest absolute Gasteiger partial charge is 0.336 e. The van der Waals surface area contributed by atoms with Crippen LogP contribution < -0.4 is 4.74 Å². The Kier molecular flexibility index (Phi) is 5.96. The third-order valence-electron chi connectivity index (χ3n) is 2.97. The standard InChI is InChI=1S/C16H17BrClN3O2/c1-10(2)9-21-16(18)12(11(3)20-21)6-7-14(22)23-13-5-4-8-19-15(13)17/h4-8,10H,9H2,1-3H3/b7-6+. The number of carbonyl (C=O) groups is 1. The van der Waals surface area contributed by atoms with Crippen molar-refractivity contribution in [3.63, 3.8) is 0 Å². The minimum absolute atomic E-state index is 0.362. The van der Waals surface area contributed by atoms with Crippen molar-refractivity contribution in [1.82, 2.24) is 14.8 Å². The van der Waals surface area contributed by atoms with E-state index >= 15 is 0 Å². The maximum Gasteiger partial charge on any atom is 0.336 e. The summed E-state index contributed by atoms with van der Waals surface area (Å²) in [5, 5.41) is 4.91. The molecule has 2 aromatic rings. The molecule has 0 radical (unpaired) electrons. The second-order valence-electron chi connectivity index (χ2n) is 5.41. The molecule has 0 saturated heterocycles. The normalized spacial score (nSPS) is 11.4. The van der Waals surface area contributed by atoms with Crippen LogP contribution in [0.4, 0.5) is 0 Å². The van der Waals surface area contributed by atoms with Crippen molar-refractivity contribution in [2.24, 2.45) is 5.92 Å². The van der Waals surface area contributed by atoms with Crippen molar-refractivity contribution >= 4 is 39.6 Å². The average molecular weight is 399 g/mol. The van der Waals surface area contributed by atoms with Crippen molar-refractivity contribution in [1.29, 1.82) is 0 Å². The Hall–Kier alpha value is -1.66. The zero-order valence-corrected chi connectivity index (χ0v) is 15.4. The summed E-state index contributed by atoms with van der Waals surface area (Å²) in [4.78, 5) is 15.9. The third-order valence-corrected chi connectivity index (χ3v) is 3.96. The third kappa shape index (κ3) is 4.65. The van der Waals surface area contributed by atoms with E-state index in [-0.39, 0.29) is 0 Å². The number of esters is 1. The van der Waals surface area contributed by atoms with Gasteiger partial charge in [0.25, 0.3) is 0 Å². The van der Waals surface area contributed by atoms with Gasteiger partial charge < -0.3 is 4.74 Å². The molecule has 0 saturated carbocycles. The van der Waals surface area contributed by atoms with Gasteiger partial charge in [0, 0.05) is 24.4 Å². The lowest BCUT2D eigenvalue weighted by molar-refractivity contribution is -0.128. The Morgan fingerprint density at radius 2 is 2.26 bits per heavy atom. The van der Waals surface area contributed by atoms with Gasteiger partial charge in [0.15, 0.2) is 5.75 Å².